The van der Waals surface area contributed by atoms with Crippen molar-refractivity contribution in [2.45, 2.75) is 32.2 Å². The molecule has 0 radical (unpaired) electrons. The van der Waals surface area contributed by atoms with Crippen molar-refractivity contribution in [3.8, 4) is 0 Å². The molecule has 1 atom stereocenters. The Bertz CT molecular complexity index is 336. The fraction of sp³-hybridized carbons (Fsp3) is 0.636. The highest BCUT2D eigenvalue weighted by Crippen LogP contribution is 2.16. The summed E-state index contributed by atoms with van der Waals surface area (Å²) in [5.74, 6) is 0. The highest BCUT2D eigenvalue weighted by Gasteiger charge is 2.27. The Labute approximate surface area is 97.8 Å². The Morgan fingerprint density at radius 2 is 2.18 bits per heavy atom. The van der Waals surface area contributed by atoms with E-state index in [-0.39, 0.29) is 6.61 Å². The van der Waals surface area contributed by atoms with Gasteiger partial charge in [0.05, 0.1) is 12.7 Å². The minimum absolute atomic E-state index is 0.00412. The second-order valence-electron chi connectivity index (χ2n) is 3.77. The van der Waals surface area contributed by atoms with Gasteiger partial charge in [-0.05, 0) is 18.1 Å². The van der Waals surface area contributed by atoms with E-state index >= 15 is 0 Å². The van der Waals surface area contributed by atoms with Gasteiger partial charge in [0.15, 0.2) is 0 Å². The molecule has 0 aliphatic carbocycles. The van der Waals surface area contributed by atoms with E-state index < -0.39 is 18.9 Å². The van der Waals surface area contributed by atoms with Crippen LogP contribution in [-0.4, -0.2) is 29.1 Å². The molecule has 3 nitrogen and oxygen atoms in total. The maximum absolute atomic E-state index is 11.8. The van der Waals surface area contributed by atoms with Crippen LogP contribution in [0.15, 0.2) is 18.5 Å². The summed E-state index contributed by atoms with van der Waals surface area (Å²) in [4.78, 5) is 0. The van der Waals surface area contributed by atoms with E-state index in [0.29, 0.717) is 13.0 Å². The van der Waals surface area contributed by atoms with Crippen LogP contribution in [0.1, 0.15) is 25.0 Å². The summed E-state index contributed by atoms with van der Waals surface area (Å²) in [6.45, 7) is 0.968. The van der Waals surface area contributed by atoms with E-state index in [1.165, 1.54) is 0 Å². The van der Waals surface area contributed by atoms with E-state index in [2.05, 4.69) is 4.74 Å². The van der Waals surface area contributed by atoms with Crippen LogP contribution in [0.3, 0.4) is 0 Å². The summed E-state index contributed by atoms with van der Waals surface area (Å²) < 4.78 is 41.5. The van der Waals surface area contributed by atoms with Gasteiger partial charge >= 0.3 is 6.18 Å². The average molecular weight is 251 g/mol. The number of aromatic nitrogens is 1. The van der Waals surface area contributed by atoms with Crippen molar-refractivity contribution in [3.63, 3.8) is 0 Å². The van der Waals surface area contributed by atoms with Gasteiger partial charge in [-0.15, -0.1) is 0 Å². The number of ether oxygens (including phenoxy) is 1. The molecular formula is C11H16F3NO2. The molecule has 98 valence electrons. The molecule has 1 N–H and O–H groups in total. The van der Waals surface area contributed by atoms with Gasteiger partial charge in [0.1, 0.15) is 6.61 Å². The maximum atomic E-state index is 11.8. The Morgan fingerprint density at radius 1 is 1.47 bits per heavy atom. The zero-order valence-corrected chi connectivity index (χ0v) is 9.57. The minimum atomic E-state index is -4.28. The summed E-state index contributed by atoms with van der Waals surface area (Å²) in [6, 6.07) is 1.75. The van der Waals surface area contributed by atoms with Gasteiger partial charge in [0.2, 0.25) is 0 Å². The lowest BCUT2D eigenvalue weighted by Crippen LogP contribution is -2.18. The molecule has 6 heteroatoms. The number of halogens is 3. The second-order valence-corrected chi connectivity index (χ2v) is 3.77. The molecule has 0 fully saturated rings. The highest BCUT2D eigenvalue weighted by atomic mass is 19.4. The number of rotatable bonds is 6. The molecular weight excluding hydrogens is 235 g/mol. The Hall–Kier alpha value is -1.01. The predicted octanol–water partition coefficient (Wildman–Crippen LogP) is 2.51. The van der Waals surface area contributed by atoms with Crippen molar-refractivity contribution >= 4 is 0 Å². The quantitative estimate of drug-likeness (QED) is 0.788. The lowest BCUT2D eigenvalue weighted by atomic mass is 10.1. The van der Waals surface area contributed by atoms with Crippen LogP contribution < -0.4 is 0 Å². The molecule has 0 spiro atoms. The number of aliphatic hydroxyl groups excluding tert-OH is 1. The summed E-state index contributed by atoms with van der Waals surface area (Å²) in [7, 11) is 0. The first kappa shape index (κ1) is 14.1. The summed E-state index contributed by atoms with van der Waals surface area (Å²) in [5, 5.41) is 9.53. The molecule has 0 aromatic carbocycles. The van der Waals surface area contributed by atoms with Gasteiger partial charge in [-0.25, -0.2) is 0 Å². The smallest absolute Gasteiger partial charge is 0.388 e. The zero-order valence-electron chi connectivity index (χ0n) is 9.57. The van der Waals surface area contributed by atoms with Crippen LogP contribution in [0.2, 0.25) is 0 Å². The molecule has 1 aromatic heterocycles. The molecule has 0 amide bonds. The molecule has 0 bridgehead atoms. The SMILES string of the molecule is CCC(O)c1ccn(CCOCC(F)(F)F)c1. The molecule has 1 unspecified atom stereocenters. The second kappa shape index (κ2) is 6.07. The van der Waals surface area contributed by atoms with Crippen LogP contribution >= 0.6 is 0 Å². The van der Waals surface area contributed by atoms with Crippen LogP contribution in [0.25, 0.3) is 0 Å². The standard InChI is InChI=1S/C11H16F3NO2/c1-2-10(16)9-3-4-15(7-9)5-6-17-8-11(12,13)14/h3-4,7,10,16H,2,5-6,8H2,1H3. The van der Waals surface area contributed by atoms with E-state index in [4.69, 9.17) is 0 Å². The van der Waals surface area contributed by atoms with Gasteiger partial charge in [0.25, 0.3) is 0 Å². The molecule has 1 heterocycles. The van der Waals surface area contributed by atoms with E-state index in [0.717, 1.165) is 5.56 Å². The normalized spacial score (nSPS) is 13.9. The van der Waals surface area contributed by atoms with Gasteiger partial charge in [-0.2, -0.15) is 13.2 Å². The minimum Gasteiger partial charge on any atom is -0.388 e. The third kappa shape index (κ3) is 5.23. The zero-order chi connectivity index (χ0) is 12.9. The van der Waals surface area contributed by atoms with Gasteiger partial charge < -0.3 is 14.4 Å². The van der Waals surface area contributed by atoms with E-state index in [1.807, 2.05) is 6.92 Å². The largest absolute Gasteiger partial charge is 0.411 e. The van der Waals surface area contributed by atoms with E-state index in [9.17, 15) is 18.3 Å². The van der Waals surface area contributed by atoms with Crippen LogP contribution in [0, 0.1) is 0 Å². The maximum Gasteiger partial charge on any atom is 0.411 e. The first-order valence-corrected chi connectivity index (χ1v) is 5.40. The molecule has 0 aliphatic heterocycles. The fourth-order valence-corrected chi connectivity index (χ4v) is 1.39. The van der Waals surface area contributed by atoms with Crippen molar-refractivity contribution in [2.24, 2.45) is 0 Å². The predicted molar refractivity (Wildman–Crippen MR) is 56.6 cm³/mol. The van der Waals surface area contributed by atoms with Gasteiger partial charge in [-0.1, -0.05) is 6.92 Å². The first-order chi connectivity index (χ1) is 7.92. The Kier molecular flexibility index (Phi) is 5.02. The Morgan fingerprint density at radius 3 is 2.76 bits per heavy atom. The molecule has 0 saturated heterocycles. The van der Waals surface area contributed by atoms with E-state index in [1.54, 1.807) is 23.0 Å². The lowest BCUT2D eigenvalue weighted by Gasteiger charge is -2.08. The van der Waals surface area contributed by atoms with Crippen LogP contribution in [0.5, 0.6) is 0 Å². The monoisotopic (exact) mass is 251 g/mol. The first-order valence-electron chi connectivity index (χ1n) is 5.40. The van der Waals surface area contributed by atoms with Gasteiger partial charge in [0, 0.05) is 18.9 Å². The van der Waals surface area contributed by atoms with Crippen molar-refractivity contribution in [2.75, 3.05) is 13.2 Å². The number of hydrogen-bond donors (Lipinski definition) is 1. The highest BCUT2D eigenvalue weighted by molar-refractivity contribution is 5.13. The fourth-order valence-electron chi connectivity index (χ4n) is 1.39. The van der Waals surface area contributed by atoms with Crippen molar-refractivity contribution in [1.29, 1.82) is 0 Å². The molecule has 0 aliphatic rings. The Balaban J connectivity index is 2.30. The van der Waals surface area contributed by atoms with Crippen molar-refractivity contribution in [1.82, 2.24) is 4.57 Å². The molecule has 17 heavy (non-hydrogen) atoms. The topological polar surface area (TPSA) is 34.4 Å². The van der Waals surface area contributed by atoms with Crippen LogP contribution in [-0.2, 0) is 11.3 Å². The summed E-state index contributed by atoms with van der Waals surface area (Å²) in [5.41, 5.74) is 0.767. The summed E-state index contributed by atoms with van der Waals surface area (Å²) in [6.07, 6.45) is -0.766. The number of aliphatic hydroxyl groups is 1. The number of nitrogens with zero attached hydrogens (tertiary/aromatic N) is 1. The molecule has 1 rings (SSSR count). The lowest BCUT2D eigenvalue weighted by molar-refractivity contribution is -0.174. The van der Waals surface area contributed by atoms with Crippen LogP contribution in [0.4, 0.5) is 13.2 Å². The van der Waals surface area contributed by atoms with Gasteiger partial charge in [-0.3, -0.25) is 0 Å². The molecule has 0 saturated carbocycles. The number of alkyl halides is 3. The van der Waals surface area contributed by atoms with Crippen molar-refractivity contribution < 1.29 is 23.0 Å². The summed E-state index contributed by atoms with van der Waals surface area (Å²) >= 11 is 0. The third-order valence-corrected chi connectivity index (χ3v) is 2.30. The number of hydrogen-bond acceptors (Lipinski definition) is 2. The average Bonchev–Trinajstić information content (AvgIpc) is 2.70. The molecule has 1 aromatic rings. The van der Waals surface area contributed by atoms with Crippen molar-refractivity contribution in [3.05, 3.63) is 24.0 Å². The third-order valence-electron chi connectivity index (χ3n) is 2.30.